The Morgan fingerprint density at radius 2 is 0.483 bits per heavy atom. The summed E-state index contributed by atoms with van der Waals surface area (Å²) in [7, 11) is 9.99. The smallest absolute Gasteiger partial charge is 0.216 e. The van der Waals surface area contributed by atoms with Gasteiger partial charge < -0.3 is 22.1 Å². The summed E-state index contributed by atoms with van der Waals surface area (Å²) in [6, 6.07) is 105. The summed E-state index contributed by atoms with van der Waals surface area (Å²) >= 11 is 0. The van der Waals surface area contributed by atoms with Crippen LogP contribution in [0.4, 0.5) is 0 Å². The molecule has 0 radical (unpaired) electrons. The number of hydrogen-bond acceptors (Lipinski definition) is 5. The molecule has 10 heterocycles. The normalized spacial score (nSPS) is 15.4. The fourth-order valence-corrected chi connectivity index (χ4v) is 22.6. The second-order valence-electron chi connectivity index (χ2n) is 39.7. The second kappa shape index (κ2) is 37.4. The molecular weight excluding hydrogens is 1750 g/mol. The standard InChI is InChI=1S/C29H28NO.C28H26NO.2C26H24NO.C24H20NO/c1-19-12-15-25-24-16-13-21-10-6-7-11-23(21)28(24)31-29(25)27(19)26-17-14-22(18-30(26)2)20-8-4-3-5-9-20;1-18-11-14-24-23-15-12-20-9-5-6-10-22(20)27(23)30-28(24)26(18)25-16-13-21(17-29(25)2)19-7-3-4-8-19;2*1-16(2)19-11-14-23(27(4)15-19)24-17(3)9-12-22-21-13-10-18-7-5-6-8-20(18)25(21)28-26(22)24;1-15-8-13-21(25(3)14-15)22-16(2)9-11-20-19-12-10-17-6-4-5-7-18(17)23(19)26-24(20)22/h6-7,10-18,20H,3-5,8-9H2,1-2H3;5-6,9-17,19H,3-4,7-8H2,1-2H3;2*5-16H,1-4H3;4-14H,1-3H3/q5*+1/i20D;19D;1D3,16D;16D;1D3. The lowest BCUT2D eigenvalue weighted by Crippen LogP contribution is -2.32. The number of fused-ring (bicyclic) bond motifs is 25. The van der Waals surface area contributed by atoms with Gasteiger partial charge in [-0.1, -0.05) is 272 Å². The quantitative estimate of drug-likeness (QED) is 0.134. The first-order valence-corrected chi connectivity index (χ1v) is 50.1. The van der Waals surface area contributed by atoms with E-state index in [2.05, 4.69) is 329 Å². The zero-order chi connectivity index (χ0) is 107. The van der Waals surface area contributed by atoms with Crippen LogP contribution in [0.15, 0.2) is 356 Å². The molecule has 2 fully saturated rings. The Labute approximate surface area is 849 Å². The van der Waals surface area contributed by atoms with Crippen LogP contribution in [0.3, 0.4) is 0 Å². The molecule has 704 valence electrons. The van der Waals surface area contributed by atoms with E-state index in [1.807, 2.05) is 87.4 Å². The van der Waals surface area contributed by atoms with Gasteiger partial charge in [0.1, 0.15) is 91.1 Å². The van der Waals surface area contributed by atoms with E-state index >= 15 is 0 Å². The van der Waals surface area contributed by atoms with Crippen LogP contribution >= 0.6 is 0 Å². The number of furan rings is 5. The van der Waals surface area contributed by atoms with E-state index in [-0.39, 0.29) is 0 Å². The first-order chi connectivity index (χ1) is 73.4. The maximum atomic E-state index is 9.02. The number of hydrogen-bond donors (Lipinski definition) is 0. The van der Waals surface area contributed by atoms with Crippen molar-refractivity contribution in [1.29, 1.82) is 0 Å². The molecule has 1 unspecified atom stereocenters. The van der Waals surface area contributed by atoms with Crippen molar-refractivity contribution >= 4 is 164 Å². The van der Waals surface area contributed by atoms with Gasteiger partial charge in [0.15, 0.2) is 31.0 Å². The summed E-state index contributed by atoms with van der Waals surface area (Å²) in [5.74, 6) is -3.21. The molecule has 10 heteroatoms. The first-order valence-electron chi connectivity index (χ1n) is 55.1. The highest BCUT2D eigenvalue weighted by Crippen LogP contribution is 2.48. The molecular formula is C133H122N5O5+5. The van der Waals surface area contributed by atoms with Gasteiger partial charge in [0.2, 0.25) is 28.5 Å². The molecule has 0 saturated heterocycles. The summed E-state index contributed by atoms with van der Waals surface area (Å²) in [4.78, 5) is 0. The number of pyridine rings is 5. The van der Waals surface area contributed by atoms with Crippen molar-refractivity contribution in [2.45, 2.75) is 150 Å². The molecule has 2 aliphatic rings. The van der Waals surface area contributed by atoms with Gasteiger partial charge >= 0.3 is 0 Å². The van der Waals surface area contributed by atoms with Gasteiger partial charge in [-0.2, -0.15) is 0 Å². The predicted molar refractivity (Wildman–Crippen MR) is 593 cm³/mol. The Kier molecular flexibility index (Phi) is 20.9. The fraction of sp³-hybridized carbons (Fsp3) is 0.211. The number of aromatic nitrogens is 5. The lowest BCUT2D eigenvalue weighted by atomic mass is 9.84. The summed E-state index contributed by atoms with van der Waals surface area (Å²) in [5, 5.41) is 22.6. The fourth-order valence-electron chi connectivity index (χ4n) is 22.6. The molecule has 0 amide bonds. The molecule has 15 aromatic carbocycles. The zero-order valence-corrected chi connectivity index (χ0v) is 83.4. The van der Waals surface area contributed by atoms with Gasteiger partial charge in [-0.25, -0.2) is 22.8 Å². The van der Waals surface area contributed by atoms with Crippen molar-refractivity contribution in [3.05, 3.63) is 390 Å². The van der Waals surface area contributed by atoms with Gasteiger partial charge in [-0.05, 0) is 206 Å². The van der Waals surface area contributed by atoms with Crippen molar-refractivity contribution in [2.24, 2.45) is 35.2 Å². The Morgan fingerprint density at radius 1 is 0.245 bits per heavy atom. The minimum absolute atomic E-state index is 0.323. The van der Waals surface area contributed by atoms with Crippen LogP contribution in [-0.2, 0) is 35.2 Å². The molecule has 27 rings (SSSR count). The van der Waals surface area contributed by atoms with Gasteiger partial charge in [0.25, 0.3) is 0 Å². The topological polar surface area (TPSA) is 85.1 Å². The minimum Gasteiger partial charge on any atom is -0.454 e. The average molecular weight is 1880 g/mol. The monoisotopic (exact) mass is 1880 g/mol. The highest BCUT2D eigenvalue weighted by atomic mass is 16.3. The van der Waals surface area contributed by atoms with Gasteiger partial charge in [0, 0.05) is 153 Å². The number of nitrogens with zero attached hydrogens (tertiary/aromatic N) is 5. The molecule has 2 saturated carbocycles. The second-order valence-corrected chi connectivity index (χ2v) is 39.7. The Morgan fingerprint density at radius 3 is 0.741 bits per heavy atom. The summed E-state index contributed by atoms with van der Waals surface area (Å²) in [6.45, 7) is 11.2. The number of aryl methyl sites for hydroxylation is 11. The average Bonchev–Trinajstić information content (AvgIpc) is 1.60. The lowest BCUT2D eigenvalue weighted by Gasteiger charge is -2.21. The molecule has 0 aliphatic heterocycles. The molecule has 0 bridgehead atoms. The van der Waals surface area contributed by atoms with Gasteiger partial charge in [-0.15, -0.1) is 0 Å². The molecule has 10 nitrogen and oxygen atoms in total. The lowest BCUT2D eigenvalue weighted by molar-refractivity contribution is -0.661. The Hall–Kier alpha value is -15.7. The number of rotatable bonds is 9. The molecule has 143 heavy (non-hydrogen) atoms. The van der Waals surface area contributed by atoms with E-state index in [0.29, 0.717) is 11.1 Å². The maximum absolute atomic E-state index is 9.02. The SMILES string of the molecule is [2H]C(C)(C)c1ccc(-c2c(C)ccc3c2oc2c4ccccc4ccc32)[n+](C)c1.[2H]C([2H])([2H])C([2H])(C)c1ccc(-c2c(C)ccc3c2oc2c4ccccc4ccc32)[n+](C)c1.[2H]C([2H])([2H])c1ccc(-c2c(C)ccc3c2oc2c4ccccc4ccc32)[n+](C)c1.[2H]C1(c2ccc(-c3c(C)ccc4c3oc3c5ccccc5ccc43)[n+](C)c2)CCCC1.[2H]C1(c2ccc(-c3c(C)ccc4c3oc3c5ccccc5ccc43)[n+](C)c2)CCCCC1. The predicted octanol–water partition coefficient (Wildman–Crippen LogP) is 34.0. The van der Waals surface area contributed by atoms with Crippen LogP contribution < -0.4 is 22.8 Å². The summed E-state index contributed by atoms with van der Waals surface area (Å²) < 4.78 is 124. The van der Waals surface area contributed by atoms with E-state index in [1.54, 1.807) is 24.5 Å². The summed E-state index contributed by atoms with van der Waals surface area (Å²) in [6.07, 6.45) is 19.5. The Balaban J connectivity index is 0.000000104. The maximum Gasteiger partial charge on any atom is 0.216 e. The van der Waals surface area contributed by atoms with Crippen LogP contribution in [0, 0.1) is 41.5 Å². The van der Waals surface area contributed by atoms with E-state index in [1.165, 1.54) is 46.2 Å². The molecule has 0 spiro atoms. The largest absolute Gasteiger partial charge is 0.454 e. The molecule has 25 aromatic rings. The third-order valence-corrected chi connectivity index (χ3v) is 30.1. The summed E-state index contributed by atoms with van der Waals surface area (Å²) in [5.41, 5.74) is 29.3. The van der Waals surface area contributed by atoms with E-state index < -0.39 is 37.3 Å². The van der Waals surface area contributed by atoms with Crippen molar-refractivity contribution in [1.82, 2.24) is 0 Å². The van der Waals surface area contributed by atoms with Crippen molar-refractivity contribution < 1.29 is 58.6 Å². The van der Waals surface area contributed by atoms with E-state index in [4.69, 9.17) is 35.8 Å². The first kappa shape index (κ1) is 80.1. The third-order valence-electron chi connectivity index (χ3n) is 30.1. The third kappa shape index (κ3) is 16.4. The molecule has 0 N–H and O–H groups in total. The van der Waals surface area contributed by atoms with Crippen molar-refractivity contribution in [3.8, 4) is 56.3 Å². The van der Waals surface area contributed by atoms with E-state index in [9.17, 15) is 0 Å². The number of benzene rings is 15. The highest BCUT2D eigenvalue weighted by Gasteiger charge is 2.31. The zero-order valence-electron chi connectivity index (χ0n) is 93.4. The van der Waals surface area contributed by atoms with Crippen LogP contribution in [0.2, 0.25) is 0 Å². The highest BCUT2D eigenvalue weighted by molar-refractivity contribution is 6.22. The van der Waals surface area contributed by atoms with Crippen LogP contribution in [0.5, 0.6) is 0 Å². The van der Waals surface area contributed by atoms with Crippen molar-refractivity contribution in [3.63, 3.8) is 0 Å². The molecule has 2 aliphatic carbocycles. The molecule has 1 atom stereocenters. The molecule has 10 aromatic heterocycles. The minimum atomic E-state index is -2.42. The van der Waals surface area contributed by atoms with Crippen LogP contribution in [-0.4, -0.2) is 0 Å². The van der Waals surface area contributed by atoms with Crippen LogP contribution in [0.1, 0.15) is 178 Å². The van der Waals surface area contributed by atoms with Gasteiger partial charge in [-0.3, -0.25) is 0 Å². The van der Waals surface area contributed by atoms with Crippen LogP contribution in [0.25, 0.3) is 220 Å². The van der Waals surface area contributed by atoms with Gasteiger partial charge in [0.05, 0.1) is 27.8 Å². The van der Waals surface area contributed by atoms with Crippen molar-refractivity contribution in [2.75, 3.05) is 0 Å². The van der Waals surface area contributed by atoms with E-state index in [0.717, 1.165) is 283 Å². The Bertz CT molecular complexity index is 9690.